The fourth-order valence-corrected chi connectivity index (χ4v) is 4.79. The monoisotopic (exact) mass is 277 g/mol. The molecule has 2 fully saturated rings. The van der Waals surface area contributed by atoms with Gasteiger partial charge in [0, 0.05) is 0 Å². The highest BCUT2D eigenvalue weighted by Crippen LogP contribution is 2.67. The van der Waals surface area contributed by atoms with Crippen LogP contribution in [0, 0.1) is 16.7 Å². The molecule has 0 spiro atoms. The maximum absolute atomic E-state index is 4.35. The molecule has 112 valence electrons. The highest BCUT2D eigenvalue weighted by Gasteiger charge is 2.61. The summed E-state index contributed by atoms with van der Waals surface area (Å²) in [6.45, 7) is 11.2. The number of fused-ring (bicyclic) bond motifs is 2. The highest BCUT2D eigenvalue weighted by atomic mass is 15.6. The second kappa shape index (κ2) is 4.79. The smallest absolute Gasteiger partial charge is 0.165 e. The number of rotatable bonds is 5. The van der Waals surface area contributed by atoms with Gasteiger partial charge in [0.1, 0.15) is 0 Å². The SMILES string of the molecule is CCCNCc1nnnn1C1C2(C)CCC(C2)C1(C)C. The molecule has 0 aromatic carbocycles. The minimum Gasteiger partial charge on any atom is -0.310 e. The summed E-state index contributed by atoms with van der Waals surface area (Å²) < 4.78 is 2.13. The molecule has 2 aliphatic rings. The molecule has 20 heavy (non-hydrogen) atoms. The Morgan fingerprint density at radius 2 is 2.15 bits per heavy atom. The van der Waals surface area contributed by atoms with E-state index in [1.807, 2.05) is 0 Å². The lowest BCUT2D eigenvalue weighted by molar-refractivity contribution is 0.0692. The molecule has 0 amide bonds. The zero-order chi connectivity index (χ0) is 14.4. The van der Waals surface area contributed by atoms with Crippen molar-refractivity contribution in [2.45, 2.75) is 66.0 Å². The van der Waals surface area contributed by atoms with Crippen LogP contribution in [0.2, 0.25) is 0 Å². The van der Waals surface area contributed by atoms with Crippen LogP contribution in [0.4, 0.5) is 0 Å². The zero-order valence-corrected chi connectivity index (χ0v) is 13.2. The molecule has 5 heteroatoms. The topological polar surface area (TPSA) is 55.6 Å². The van der Waals surface area contributed by atoms with E-state index in [1.165, 1.54) is 19.3 Å². The van der Waals surface area contributed by atoms with Crippen LogP contribution in [0.15, 0.2) is 0 Å². The molecule has 3 unspecified atom stereocenters. The third-order valence-corrected chi connectivity index (χ3v) is 5.71. The van der Waals surface area contributed by atoms with Crippen molar-refractivity contribution < 1.29 is 0 Å². The van der Waals surface area contributed by atoms with Crippen LogP contribution in [0.5, 0.6) is 0 Å². The van der Waals surface area contributed by atoms with Crippen LogP contribution in [0.1, 0.15) is 65.2 Å². The quantitative estimate of drug-likeness (QED) is 0.840. The van der Waals surface area contributed by atoms with E-state index in [0.29, 0.717) is 16.9 Å². The summed E-state index contributed by atoms with van der Waals surface area (Å²) in [5.74, 6) is 1.81. The van der Waals surface area contributed by atoms with Crippen molar-refractivity contribution in [2.24, 2.45) is 16.7 Å². The van der Waals surface area contributed by atoms with Crippen molar-refractivity contribution in [2.75, 3.05) is 6.54 Å². The number of hydrogen-bond acceptors (Lipinski definition) is 4. The Labute approximate surface area is 121 Å². The molecule has 5 nitrogen and oxygen atoms in total. The molecule has 1 aromatic rings. The van der Waals surface area contributed by atoms with Crippen LogP contribution >= 0.6 is 0 Å². The minimum atomic E-state index is 0.294. The number of hydrogen-bond donors (Lipinski definition) is 1. The average molecular weight is 277 g/mol. The van der Waals surface area contributed by atoms with Gasteiger partial charge >= 0.3 is 0 Å². The largest absolute Gasteiger partial charge is 0.310 e. The van der Waals surface area contributed by atoms with Crippen molar-refractivity contribution in [1.82, 2.24) is 25.5 Å². The van der Waals surface area contributed by atoms with E-state index in [-0.39, 0.29) is 0 Å². The summed E-state index contributed by atoms with van der Waals surface area (Å²) >= 11 is 0. The van der Waals surface area contributed by atoms with E-state index in [2.05, 4.69) is 53.2 Å². The molecule has 3 atom stereocenters. The molecular weight excluding hydrogens is 250 g/mol. The molecule has 1 N–H and O–H groups in total. The first-order valence-corrected chi connectivity index (χ1v) is 7.96. The molecule has 2 aliphatic carbocycles. The molecular formula is C15H27N5. The lowest BCUT2D eigenvalue weighted by Gasteiger charge is -2.42. The normalized spacial score (nSPS) is 34.8. The first-order chi connectivity index (χ1) is 9.49. The third kappa shape index (κ3) is 1.98. The lowest BCUT2D eigenvalue weighted by Crippen LogP contribution is -2.39. The van der Waals surface area contributed by atoms with Crippen molar-refractivity contribution in [3.8, 4) is 0 Å². The predicted octanol–water partition coefficient (Wildman–Crippen LogP) is 2.56. The van der Waals surface area contributed by atoms with Gasteiger partial charge in [-0.2, -0.15) is 0 Å². The van der Waals surface area contributed by atoms with E-state index < -0.39 is 0 Å². The summed E-state index contributed by atoms with van der Waals surface area (Å²) in [5, 5.41) is 16.0. The number of nitrogens with zero attached hydrogens (tertiary/aromatic N) is 4. The predicted molar refractivity (Wildman–Crippen MR) is 78.1 cm³/mol. The van der Waals surface area contributed by atoms with Gasteiger partial charge in [-0.15, -0.1) is 5.10 Å². The maximum atomic E-state index is 4.35. The van der Waals surface area contributed by atoms with Crippen molar-refractivity contribution in [3.63, 3.8) is 0 Å². The molecule has 2 bridgehead atoms. The number of nitrogens with one attached hydrogen (secondary N) is 1. The van der Waals surface area contributed by atoms with Gasteiger partial charge in [0.05, 0.1) is 12.6 Å². The Kier molecular flexibility index (Phi) is 3.35. The van der Waals surface area contributed by atoms with Crippen LogP contribution < -0.4 is 5.32 Å². The van der Waals surface area contributed by atoms with Crippen LogP contribution in [-0.4, -0.2) is 26.8 Å². The van der Waals surface area contributed by atoms with Gasteiger partial charge in [-0.05, 0) is 59.4 Å². The first kappa shape index (κ1) is 14.0. The van der Waals surface area contributed by atoms with Gasteiger partial charge in [-0.1, -0.05) is 27.7 Å². The molecule has 1 aromatic heterocycles. The van der Waals surface area contributed by atoms with Crippen LogP contribution in [-0.2, 0) is 6.54 Å². The Balaban J connectivity index is 1.87. The molecule has 0 radical (unpaired) electrons. The summed E-state index contributed by atoms with van der Waals surface area (Å²) in [5.41, 5.74) is 0.658. The van der Waals surface area contributed by atoms with Crippen molar-refractivity contribution in [3.05, 3.63) is 5.82 Å². The van der Waals surface area contributed by atoms with E-state index >= 15 is 0 Å². The number of tetrazole rings is 1. The average Bonchev–Trinajstić information content (AvgIpc) is 3.02. The van der Waals surface area contributed by atoms with Gasteiger partial charge < -0.3 is 5.32 Å². The second-order valence-corrected chi connectivity index (χ2v) is 7.53. The molecule has 1 heterocycles. The summed E-state index contributed by atoms with van der Waals surface area (Å²) in [4.78, 5) is 0. The highest BCUT2D eigenvalue weighted by molar-refractivity contribution is 5.11. The van der Waals surface area contributed by atoms with Gasteiger partial charge in [-0.25, -0.2) is 4.68 Å². The van der Waals surface area contributed by atoms with Crippen LogP contribution in [0.3, 0.4) is 0 Å². The fraction of sp³-hybridized carbons (Fsp3) is 0.933. The number of aromatic nitrogens is 4. The Morgan fingerprint density at radius 3 is 2.80 bits per heavy atom. The Morgan fingerprint density at radius 1 is 1.35 bits per heavy atom. The lowest BCUT2D eigenvalue weighted by atomic mass is 9.68. The van der Waals surface area contributed by atoms with Crippen molar-refractivity contribution >= 4 is 0 Å². The van der Waals surface area contributed by atoms with Crippen LogP contribution in [0.25, 0.3) is 0 Å². The molecule has 0 saturated heterocycles. The van der Waals surface area contributed by atoms with Gasteiger partial charge in [0.15, 0.2) is 5.82 Å². The maximum Gasteiger partial charge on any atom is 0.165 e. The zero-order valence-electron chi connectivity index (χ0n) is 13.2. The van der Waals surface area contributed by atoms with Crippen molar-refractivity contribution in [1.29, 1.82) is 0 Å². The molecule has 0 aliphatic heterocycles. The van der Waals surface area contributed by atoms with E-state index in [0.717, 1.165) is 31.3 Å². The van der Waals surface area contributed by atoms with Gasteiger partial charge in [0.25, 0.3) is 0 Å². The third-order valence-electron chi connectivity index (χ3n) is 5.71. The summed E-state index contributed by atoms with van der Waals surface area (Å²) in [6.07, 6.45) is 5.14. The molecule has 2 saturated carbocycles. The minimum absolute atomic E-state index is 0.294. The second-order valence-electron chi connectivity index (χ2n) is 7.53. The van der Waals surface area contributed by atoms with Gasteiger partial charge in [0.2, 0.25) is 0 Å². The summed E-state index contributed by atoms with van der Waals surface area (Å²) in [7, 11) is 0. The Bertz CT molecular complexity index is 476. The summed E-state index contributed by atoms with van der Waals surface area (Å²) in [6, 6.07) is 0.433. The molecule has 3 rings (SSSR count). The first-order valence-electron chi connectivity index (χ1n) is 7.96. The van der Waals surface area contributed by atoms with Gasteiger partial charge in [-0.3, -0.25) is 0 Å². The van der Waals surface area contributed by atoms with E-state index in [1.54, 1.807) is 0 Å². The van der Waals surface area contributed by atoms with E-state index in [4.69, 9.17) is 0 Å². The Hall–Kier alpha value is -0.970. The van der Waals surface area contributed by atoms with E-state index in [9.17, 15) is 0 Å². The standard InChI is InChI=1S/C15H27N5/c1-5-8-16-10-12-17-18-19-20(12)13-14(2,3)11-6-7-15(13,4)9-11/h11,13,16H,5-10H2,1-4H3. The fourth-order valence-electron chi connectivity index (χ4n) is 4.79.